The first-order valence-electron chi connectivity index (χ1n) is 6.95. The molecule has 0 unspecified atom stereocenters. The number of methoxy groups -OCH3 is 1. The van der Waals surface area contributed by atoms with Crippen LogP contribution in [-0.4, -0.2) is 13.7 Å². The van der Waals surface area contributed by atoms with Gasteiger partial charge in [-0.3, -0.25) is 0 Å². The highest BCUT2D eigenvalue weighted by Gasteiger charge is 2.21. The Morgan fingerprint density at radius 3 is 2.64 bits per heavy atom. The second kappa shape index (κ2) is 5.97. The fourth-order valence-corrected chi connectivity index (χ4v) is 2.29. The standard InChI is InChI=1S/C17H16O5/c1-11-9-15-16(17(18)22-11)12(7-8-20-15)10-21-14-5-3-13(19-2)4-6-14/h3-6,9-10H,7-8H2,1-2H3/b12-10-. The van der Waals surface area contributed by atoms with Gasteiger partial charge in [0, 0.05) is 18.1 Å². The summed E-state index contributed by atoms with van der Waals surface area (Å²) in [6, 6.07) is 8.94. The SMILES string of the molecule is COc1ccc(O/C=C2/CCOc3cc(C)oc(=O)c32)cc1. The zero-order valence-corrected chi connectivity index (χ0v) is 12.4. The molecule has 0 amide bonds. The van der Waals surface area contributed by atoms with Crippen LogP contribution in [-0.2, 0) is 0 Å². The van der Waals surface area contributed by atoms with E-state index >= 15 is 0 Å². The van der Waals surface area contributed by atoms with Crippen LogP contribution < -0.4 is 19.8 Å². The van der Waals surface area contributed by atoms with Crippen LogP contribution in [0.25, 0.3) is 5.57 Å². The minimum atomic E-state index is -0.403. The van der Waals surface area contributed by atoms with Gasteiger partial charge in [-0.25, -0.2) is 4.79 Å². The molecule has 0 atom stereocenters. The first-order valence-corrected chi connectivity index (χ1v) is 6.95. The van der Waals surface area contributed by atoms with Crippen molar-refractivity contribution in [2.75, 3.05) is 13.7 Å². The highest BCUT2D eigenvalue weighted by molar-refractivity contribution is 5.70. The molecule has 1 aromatic carbocycles. The van der Waals surface area contributed by atoms with Crippen molar-refractivity contribution in [3.8, 4) is 17.2 Å². The lowest BCUT2D eigenvalue weighted by Crippen LogP contribution is -2.17. The quantitative estimate of drug-likeness (QED) is 0.815. The van der Waals surface area contributed by atoms with Crippen LogP contribution in [0.3, 0.4) is 0 Å². The predicted octanol–water partition coefficient (Wildman–Crippen LogP) is 3.16. The van der Waals surface area contributed by atoms with E-state index in [4.69, 9.17) is 18.6 Å². The Kier molecular flexibility index (Phi) is 3.87. The molecular formula is C17H16O5. The second-order valence-corrected chi connectivity index (χ2v) is 4.92. The molecule has 114 valence electrons. The van der Waals surface area contributed by atoms with Crippen LogP contribution in [0.4, 0.5) is 0 Å². The number of rotatable bonds is 3. The lowest BCUT2D eigenvalue weighted by atomic mass is 10.0. The third-order valence-corrected chi connectivity index (χ3v) is 3.39. The molecule has 0 N–H and O–H groups in total. The van der Waals surface area contributed by atoms with Crippen molar-refractivity contribution in [2.24, 2.45) is 0 Å². The molecule has 1 aromatic heterocycles. The number of benzene rings is 1. The largest absolute Gasteiger partial charge is 0.497 e. The van der Waals surface area contributed by atoms with Gasteiger partial charge in [0.05, 0.1) is 20.0 Å². The molecular weight excluding hydrogens is 284 g/mol. The average Bonchev–Trinajstić information content (AvgIpc) is 2.52. The average molecular weight is 300 g/mol. The molecule has 3 rings (SSSR count). The Balaban J connectivity index is 1.88. The Morgan fingerprint density at radius 2 is 1.91 bits per heavy atom. The van der Waals surface area contributed by atoms with Gasteiger partial charge < -0.3 is 18.6 Å². The van der Waals surface area contributed by atoms with Crippen molar-refractivity contribution in [3.05, 3.63) is 58.3 Å². The van der Waals surface area contributed by atoms with E-state index < -0.39 is 5.63 Å². The number of ether oxygens (including phenoxy) is 3. The maximum atomic E-state index is 12.0. The van der Waals surface area contributed by atoms with Crippen molar-refractivity contribution in [2.45, 2.75) is 13.3 Å². The first kappa shape index (κ1) is 14.3. The molecule has 5 nitrogen and oxygen atoms in total. The van der Waals surface area contributed by atoms with E-state index in [9.17, 15) is 4.79 Å². The van der Waals surface area contributed by atoms with Gasteiger partial charge in [0.25, 0.3) is 0 Å². The van der Waals surface area contributed by atoms with Crippen molar-refractivity contribution in [1.82, 2.24) is 0 Å². The number of aryl methyl sites for hydroxylation is 1. The predicted molar refractivity (Wildman–Crippen MR) is 81.4 cm³/mol. The van der Waals surface area contributed by atoms with Gasteiger partial charge in [-0.1, -0.05) is 0 Å². The summed E-state index contributed by atoms with van der Waals surface area (Å²) in [5.41, 5.74) is 0.801. The molecule has 5 heteroatoms. The van der Waals surface area contributed by atoms with Crippen molar-refractivity contribution >= 4 is 5.57 Å². The van der Waals surface area contributed by atoms with Crippen LogP contribution in [0.5, 0.6) is 17.2 Å². The Bertz CT molecular complexity index is 756. The summed E-state index contributed by atoms with van der Waals surface area (Å²) in [4.78, 5) is 12.0. The molecule has 0 saturated carbocycles. The summed E-state index contributed by atoms with van der Waals surface area (Å²) in [6.45, 7) is 2.23. The normalized spacial score (nSPS) is 15.1. The van der Waals surface area contributed by atoms with E-state index in [2.05, 4.69) is 0 Å². The van der Waals surface area contributed by atoms with Crippen LogP contribution in [0.1, 0.15) is 17.7 Å². The van der Waals surface area contributed by atoms with Crippen molar-refractivity contribution in [3.63, 3.8) is 0 Å². The van der Waals surface area contributed by atoms with Crippen molar-refractivity contribution in [1.29, 1.82) is 0 Å². The van der Waals surface area contributed by atoms with E-state index in [1.807, 2.05) is 12.1 Å². The van der Waals surface area contributed by atoms with Crippen LogP contribution in [0.2, 0.25) is 0 Å². The molecule has 2 heterocycles. The van der Waals surface area contributed by atoms with Crippen LogP contribution >= 0.6 is 0 Å². The molecule has 22 heavy (non-hydrogen) atoms. The van der Waals surface area contributed by atoms with Gasteiger partial charge in [0.2, 0.25) is 0 Å². The van der Waals surface area contributed by atoms with E-state index in [1.54, 1.807) is 38.5 Å². The molecule has 1 aliphatic heterocycles. The maximum Gasteiger partial charge on any atom is 0.347 e. The molecule has 0 aliphatic carbocycles. The van der Waals surface area contributed by atoms with E-state index in [0.29, 0.717) is 35.9 Å². The first-order chi connectivity index (χ1) is 10.7. The zero-order chi connectivity index (χ0) is 15.5. The summed E-state index contributed by atoms with van der Waals surface area (Å²) in [6.07, 6.45) is 2.17. The zero-order valence-electron chi connectivity index (χ0n) is 12.4. The number of hydrogen-bond acceptors (Lipinski definition) is 5. The second-order valence-electron chi connectivity index (χ2n) is 4.92. The van der Waals surface area contributed by atoms with E-state index in [0.717, 1.165) is 11.3 Å². The summed E-state index contributed by atoms with van der Waals surface area (Å²) in [5, 5.41) is 0. The number of hydrogen-bond donors (Lipinski definition) is 0. The fourth-order valence-electron chi connectivity index (χ4n) is 2.29. The Morgan fingerprint density at radius 1 is 1.18 bits per heavy atom. The molecule has 0 spiro atoms. The molecule has 0 saturated heterocycles. The van der Waals surface area contributed by atoms with Crippen molar-refractivity contribution < 1.29 is 18.6 Å². The molecule has 1 aliphatic rings. The molecule has 2 aromatic rings. The minimum absolute atomic E-state index is 0.403. The van der Waals surface area contributed by atoms with E-state index in [1.165, 1.54) is 0 Å². The van der Waals surface area contributed by atoms with Gasteiger partial charge in [0.1, 0.15) is 28.6 Å². The smallest absolute Gasteiger partial charge is 0.347 e. The van der Waals surface area contributed by atoms with Gasteiger partial charge in [-0.05, 0) is 31.2 Å². The van der Waals surface area contributed by atoms with Crippen LogP contribution in [0.15, 0.2) is 45.8 Å². The minimum Gasteiger partial charge on any atom is -0.497 e. The third kappa shape index (κ3) is 2.83. The summed E-state index contributed by atoms with van der Waals surface area (Å²) in [5.74, 6) is 2.50. The number of fused-ring (bicyclic) bond motifs is 1. The van der Waals surface area contributed by atoms with Gasteiger partial charge >= 0.3 is 5.63 Å². The van der Waals surface area contributed by atoms with Gasteiger partial charge in [0.15, 0.2) is 0 Å². The maximum absolute atomic E-state index is 12.0. The fraction of sp³-hybridized carbons (Fsp3) is 0.235. The Hall–Kier alpha value is -2.69. The summed E-state index contributed by atoms with van der Waals surface area (Å²) < 4.78 is 21.4. The lowest BCUT2D eigenvalue weighted by Gasteiger charge is -2.18. The Labute approximate surface area is 127 Å². The monoisotopic (exact) mass is 300 g/mol. The van der Waals surface area contributed by atoms with Gasteiger partial charge in [-0.15, -0.1) is 0 Å². The molecule has 0 radical (unpaired) electrons. The van der Waals surface area contributed by atoms with Crippen LogP contribution in [0, 0.1) is 6.92 Å². The molecule has 0 fully saturated rings. The third-order valence-electron chi connectivity index (χ3n) is 3.39. The summed E-state index contributed by atoms with van der Waals surface area (Å²) >= 11 is 0. The van der Waals surface area contributed by atoms with E-state index in [-0.39, 0.29) is 0 Å². The molecule has 0 bridgehead atoms. The van der Waals surface area contributed by atoms with Gasteiger partial charge in [-0.2, -0.15) is 0 Å². The highest BCUT2D eigenvalue weighted by atomic mass is 16.5. The highest BCUT2D eigenvalue weighted by Crippen LogP contribution is 2.31. The summed E-state index contributed by atoms with van der Waals surface area (Å²) in [7, 11) is 1.61. The topological polar surface area (TPSA) is 57.9 Å². The lowest BCUT2D eigenvalue weighted by molar-refractivity contribution is 0.306.